The van der Waals surface area contributed by atoms with Crippen LogP contribution in [0.1, 0.15) is 5.56 Å². The van der Waals surface area contributed by atoms with Gasteiger partial charge in [0.15, 0.2) is 5.82 Å². The van der Waals surface area contributed by atoms with E-state index in [1.165, 1.54) is 0 Å². The third-order valence-electron chi connectivity index (χ3n) is 2.59. The number of nitrogens with two attached hydrogens (primary N) is 1. The highest BCUT2D eigenvalue weighted by molar-refractivity contribution is 5.64. The van der Waals surface area contributed by atoms with E-state index in [0.717, 1.165) is 5.56 Å². The van der Waals surface area contributed by atoms with Crippen LogP contribution in [0.25, 0.3) is 0 Å². The van der Waals surface area contributed by atoms with Gasteiger partial charge in [-0.05, 0) is 18.6 Å². The first kappa shape index (κ1) is 10.2. The van der Waals surface area contributed by atoms with Crippen molar-refractivity contribution in [1.29, 1.82) is 0 Å². The number of aryl methyl sites for hydroxylation is 1. The first-order valence-electron chi connectivity index (χ1n) is 4.91. The fraction of sp³-hybridized carbons (Fsp3) is 0.500. The molecule has 1 aromatic heterocycles. The molecule has 2 heterocycles. The van der Waals surface area contributed by atoms with Crippen molar-refractivity contribution in [1.82, 2.24) is 4.98 Å². The van der Waals surface area contributed by atoms with Crippen molar-refractivity contribution in [2.24, 2.45) is 0 Å². The van der Waals surface area contributed by atoms with Gasteiger partial charge >= 0.3 is 0 Å². The van der Waals surface area contributed by atoms with Gasteiger partial charge in [-0.15, -0.1) is 0 Å². The van der Waals surface area contributed by atoms with Crippen LogP contribution in [0.2, 0.25) is 0 Å². The van der Waals surface area contributed by atoms with E-state index in [0.29, 0.717) is 24.6 Å². The predicted molar refractivity (Wildman–Crippen MR) is 57.6 cm³/mol. The van der Waals surface area contributed by atoms with Crippen molar-refractivity contribution in [2.75, 3.05) is 23.7 Å². The van der Waals surface area contributed by atoms with Gasteiger partial charge in [-0.25, -0.2) is 4.98 Å². The van der Waals surface area contributed by atoms with Crippen molar-refractivity contribution < 1.29 is 10.2 Å². The lowest BCUT2D eigenvalue weighted by atomic mass is 10.3. The minimum absolute atomic E-state index is 0.376. The predicted octanol–water partition coefficient (Wildman–Crippen LogP) is -0.486. The molecule has 0 bridgehead atoms. The quantitative estimate of drug-likeness (QED) is 0.581. The lowest BCUT2D eigenvalue weighted by Gasteiger charge is -2.18. The van der Waals surface area contributed by atoms with Gasteiger partial charge in [-0.2, -0.15) is 0 Å². The number of nitrogen functional groups attached to an aromatic ring is 1. The topological polar surface area (TPSA) is 82.6 Å². The molecule has 2 rings (SSSR count). The molecule has 0 radical (unpaired) electrons. The molecule has 2 unspecified atom stereocenters. The first-order chi connectivity index (χ1) is 7.08. The van der Waals surface area contributed by atoms with Gasteiger partial charge in [-0.3, -0.25) is 0 Å². The molecule has 5 nitrogen and oxygen atoms in total. The highest BCUT2D eigenvalue weighted by Crippen LogP contribution is 2.24. The summed E-state index contributed by atoms with van der Waals surface area (Å²) in [6, 6.07) is 1.83. The molecule has 1 aliphatic heterocycles. The summed E-state index contributed by atoms with van der Waals surface area (Å²) >= 11 is 0. The number of hydrogen-bond acceptors (Lipinski definition) is 5. The summed E-state index contributed by atoms with van der Waals surface area (Å²) in [4.78, 5) is 6.00. The number of aromatic nitrogens is 1. The van der Waals surface area contributed by atoms with Crippen molar-refractivity contribution in [3.63, 3.8) is 0 Å². The Labute approximate surface area is 88.2 Å². The van der Waals surface area contributed by atoms with Crippen LogP contribution >= 0.6 is 0 Å². The van der Waals surface area contributed by atoms with Crippen molar-refractivity contribution in [3.8, 4) is 0 Å². The van der Waals surface area contributed by atoms with Crippen LogP contribution in [0.15, 0.2) is 12.3 Å². The first-order valence-corrected chi connectivity index (χ1v) is 4.91. The third-order valence-corrected chi connectivity index (χ3v) is 2.59. The molecular formula is C10H15N3O2. The van der Waals surface area contributed by atoms with E-state index in [9.17, 15) is 10.2 Å². The van der Waals surface area contributed by atoms with Gasteiger partial charge < -0.3 is 20.8 Å². The summed E-state index contributed by atoms with van der Waals surface area (Å²) < 4.78 is 0. The third kappa shape index (κ3) is 1.88. The summed E-state index contributed by atoms with van der Waals surface area (Å²) in [5.74, 6) is 0.635. The second-order valence-corrected chi connectivity index (χ2v) is 3.97. The molecule has 0 saturated carbocycles. The Morgan fingerprint density at radius 2 is 2.00 bits per heavy atom. The average molecular weight is 209 g/mol. The lowest BCUT2D eigenvalue weighted by molar-refractivity contribution is 0.0572. The Balaban J connectivity index is 2.24. The van der Waals surface area contributed by atoms with Crippen LogP contribution in [0.5, 0.6) is 0 Å². The summed E-state index contributed by atoms with van der Waals surface area (Å²) in [6.07, 6.45) is 0.294. The second kappa shape index (κ2) is 3.67. The van der Waals surface area contributed by atoms with Crippen LogP contribution in [0, 0.1) is 6.92 Å². The maximum absolute atomic E-state index is 9.41. The SMILES string of the molecule is Cc1cnc(N2CC(O)C(O)C2)c(N)c1. The summed E-state index contributed by atoms with van der Waals surface area (Å²) in [5, 5.41) is 18.8. The number of aliphatic hydroxyl groups is 2. The van der Waals surface area contributed by atoms with Crippen LogP contribution < -0.4 is 10.6 Å². The average Bonchev–Trinajstić information content (AvgIpc) is 2.46. The Hall–Kier alpha value is -1.33. The molecule has 1 saturated heterocycles. The van der Waals surface area contributed by atoms with Gasteiger partial charge in [0.2, 0.25) is 0 Å². The Morgan fingerprint density at radius 3 is 2.53 bits per heavy atom. The Kier molecular flexibility index (Phi) is 2.50. The molecule has 0 amide bonds. The molecule has 1 fully saturated rings. The molecule has 4 N–H and O–H groups in total. The highest BCUT2D eigenvalue weighted by atomic mass is 16.3. The largest absolute Gasteiger partial charge is 0.396 e. The number of pyridine rings is 1. The minimum atomic E-state index is -0.715. The molecule has 5 heteroatoms. The van der Waals surface area contributed by atoms with Gasteiger partial charge in [-0.1, -0.05) is 0 Å². The minimum Gasteiger partial charge on any atom is -0.396 e. The Morgan fingerprint density at radius 1 is 1.40 bits per heavy atom. The molecule has 0 aliphatic carbocycles. The van der Waals surface area contributed by atoms with Crippen molar-refractivity contribution in [2.45, 2.75) is 19.1 Å². The highest BCUT2D eigenvalue weighted by Gasteiger charge is 2.31. The zero-order chi connectivity index (χ0) is 11.0. The van der Waals surface area contributed by atoms with Crippen LogP contribution in [-0.2, 0) is 0 Å². The number of β-amino-alcohol motifs (C(OH)–C–C–N with tert-alkyl or cyclic N) is 2. The maximum atomic E-state index is 9.41. The number of anilines is 2. The monoisotopic (exact) mass is 209 g/mol. The van der Waals surface area contributed by atoms with E-state index >= 15 is 0 Å². The molecule has 82 valence electrons. The fourth-order valence-electron chi connectivity index (χ4n) is 1.79. The van der Waals surface area contributed by atoms with Crippen LogP contribution in [-0.4, -0.2) is 40.5 Å². The zero-order valence-corrected chi connectivity index (χ0v) is 8.59. The standard InChI is InChI=1S/C10H15N3O2/c1-6-2-7(11)10(12-3-6)13-4-8(14)9(15)5-13/h2-3,8-9,14-15H,4-5,11H2,1H3. The molecular weight excluding hydrogens is 194 g/mol. The second-order valence-electron chi connectivity index (χ2n) is 3.97. The van der Waals surface area contributed by atoms with Gasteiger partial charge in [0.05, 0.1) is 17.9 Å². The van der Waals surface area contributed by atoms with Crippen molar-refractivity contribution >= 4 is 11.5 Å². The normalized spacial score (nSPS) is 25.9. The molecule has 1 aromatic rings. The van der Waals surface area contributed by atoms with E-state index in [4.69, 9.17) is 5.73 Å². The number of nitrogens with zero attached hydrogens (tertiary/aromatic N) is 2. The van der Waals surface area contributed by atoms with E-state index in [-0.39, 0.29) is 0 Å². The summed E-state index contributed by atoms with van der Waals surface area (Å²) in [6.45, 7) is 2.67. The van der Waals surface area contributed by atoms with E-state index in [2.05, 4.69) is 4.98 Å². The van der Waals surface area contributed by atoms with E-state index in [1.807, 2.05) is 13.0 Å². The Bertz CT molecular complexity index is 360. The number of hydrogen-bond donors (Lipinski definition) is 3. The fourth-order valence-corrected chi connectivity index (χ4v) is 1.79. The van der Waals surface area contributed by atoms with Crippen LogP contribution in [0.4, 0.5) is 11.5 Å². The van der Waals surface area contributed by atoms with Crippen molar-refractivity contribution in [3.05, 3.63) is 17.8 Å². The number of aliphatic hydroxyl groups excluding tert-OH is 2. The molecule has 15 heavy (non-hydrogen) atoms. The van der Waals surface area contributed by atoms with E-state index < -0.39 is 12.2 Å². The number of rotatable bonds is 1. The van der Waals surface area contributed by atoms with Gasteiger partial charge in [0, 0.05) is 19.3 Å². The van der Waals surface area contributed by atoms with Gasteiger partial charge in [0.1, 0.15) is 0 Å². The molecule has 0 spiro atoms. The summed E-state index contributed by atoms with van der Waals surface area (Å²) in [7, 11) is 0. The smallest absolute Gasteiger partial charge is 0.151 e. The zero-order valence-electron chi connectivity index (χ0n) is 8.59. The molecule has 1 aliphatic rings. The maximum Gasteiger partial charge on any atom is 0.151 e. The molecule has 2 atom stereocenters. The van der Waals surface area contributed by atoms with E-state index in [1.54, 1.807) is 11.1 Å². The summed E-state index contributed by atoms with van der Waals surface area (Å²) in [5.41, 5.74) is 7.40. The van der Waals surface area contributed by atoms with Crippen LogP contribution in [0.3, 0.4) is 0 Å². The lowest BCUT2D eigenvalue weighted by Crippen LogP contribution is -2.23. The van der Waals surface area contributed by atoms with Gasteiger partial charge in [0.25, 0.3) is 0 Å². The molecule has 0 aromatic carbocycles.